The summed E-state index contributed by atoms with van der Waals surface area (Å²) in [5.41, 5.74) is 0. The van der Waals surface area contributed by atoms with E-state index in [0.717, 1.165) is 56.0 Å². The quantitative estimate of drug-likeness (QED) is 0.199. The Kier molecular flexibility index (Phi) is 21.6. The lowest BCUT2D eigenvalue weighted by molar-refractivity contribution is -0.870. The summed E-state index contributed by atoms with van der Waals surface area (Å²) in [5.74, 6) is -0.728. The summed E-state index contributed by atoms with van der Waals surface area (Å²) in [4.78, 5) is 10.4. The molecule has 0 saturated carbocycles. The molecule has 176 valence electrons. The van der Waals surface area contributed by atoms with Crippen LogP contribution in [0.25, 0.3) is 0 Å². The van der Waals surface area contributed by atoms with Gasteiger partial charge in [0.2, 0.25) is 0 Å². The normalized spacial score (nSPS) is 13.5. The number of aliphatic hydroxyl groups is 3. The molecule has 29 heavy (non-hydrogen) atoms. The lowest BCUT2D eigenvalue weighted by atomic mass is 9.99. The topological polar surface area (TPSA) is 98.0 Å². The van der Waals surface area contributed by atoms with Crippen molar-refractivity contribution in [1.82, 2.24) is 0 Å². The number of carboxylic acids is 1. The molecule has 4 N–H and O–H groups in total. The molecule has 6 nitrogen and oxygen atoms in total. The Bertz CT molecular complexity index is 358. The number of unbranched alkanes of at least 4 members (excludes halogenated alkanes) is 9. The number of aliphatic carboxylic acids is 1. The third-order valence-electron chi connectivity index (χ3n) is 4.96. The molecule has 0 saturated heterocycles. The van der Waals surface area contributed by atoms with Crippen molar-refractivity contribution >= 4 is 5.97 Å². The molecule has 0 radical (unpaired) electrons. The summed E-state index contributed by atoms with van der Waals surface area (Å²) in [6.07, 6.45) is 12.2. The van der Waals surface area contributed by atoms with Gasteiger partial charge in [-0.1, -0.05) is 71.1 Å². The van der Waals surface area contributed by atoms with Gasteiger partial charge in [-0.25, -0.2) is 0 Å². The van der Waals surface area contributed by atoms with Gasteiger partial charge in [0.1, 0.15) is 6.54 Å². The largest absolute Gasteiger partial charge is 0.481 e. The van der Waals surface area contributed by atoms with E-state index < -0.39 is 18.2 Å². The van der Waals surface area contributed by atoms with Crippen molar-refractivity contribution in [3.05, 3.63) is 0 Å². The van der Waals surface area contributed by atoms with Crippen LogP contribution >= 0.6 is 0 Å². The summed E-state index contributed by atoms with van der Waals surface area (Å²) in [7, 11) is 6.16. The zero-order valence-electron chi connectivity index (χ0n) is 19.6. The molecule has 0 aromatic carbocycles. The smallest absolute Gasteiger partial charge is 0.303 e. The Hall–Kier alpha value is -0.690. The zero-order valence-corrected chi connectivity index (χ0v) is 19.6. The fourth-order valence-electron chi connectivity index (χ4n) is 2.98. The van der Waals surface area contributed by atoms with Gasteiger partial charge in [0.15, 0.2) is 0 Å². The van der Waals surface area contributed by atoms with Gasteiger partial charge in [-0.15, -0.1) is 0 Å². The van der Waals surface area contributed by atoms with Gasteiger partial charge >= 0.3 is 5.97 Å². The van der Waals surface area contributed by atoms with E-state index in [1.54, 1.807) is 0 Å². The Morgan fingerprint density at radius 3 is 1.52 bits per heavy atom. The number of hydrogen-bond acceptors (Lipinski definition) is 4. The van der Waals surface area contributed by atoms with E-state index in [4.69, 9.17) is 10.2 Å². The number of aliphatic hydroxyl groups excluding tert-OH is 3. The molecule has 0 bridgehead atoms. The SMILES string of the molecule is CCCCCCCCC(O)C(O)CCCCCCCC(=O)O.C[N+](C)(C)CCO. The van der Waals surface area contributed by atoms with Crippen molar-refractivity contribution < 1.29 is 29.7 Å². The molecular formula is C23H50NO5+. The second-order valence-electron chi connectivity index (χ2n) is 9.13. The molecule has 0 aromatic rings. The maximum absolute atomic E-state index is 10.4. The third-order valence-corrected chi connectivity index (χ3v) is 4.96. The van der Waals surface area contributed by atoms with Crippen molar-refractivity contribution in [2.45, 2.75) is 109 Å². The van der Waals surface area contributed by atoms with Gasteiger partial charge < -0.3 is 24.9 Å². The average Bonchev–Trinajstić information content (AvgIpc) is 2.62. The van der Waals surface area contributed by atoms with Crippen LogP contribution in [0.4, 0.5) is 0 Å². The van der Waals surface area contributed by atoms with E-state index in [1.165, 1.54) is 25.7 Å². The summed E-state index contributed by atoms with van der Waals surface area (Å²) >= 11 is 0. The first-order valence-corrected chi connectivity index (χ1v) is 11.6. The van der Waals surface area contributed by atoms with Gasteiger partial charge in [0.05, 0.1) is 40.0 Å². The van der Waals surface area contributed by atoms with Gasteiger partial charge in [-0.2, -0.15) is 0 Å². The Morgan fingerprint density at radius 1 is 0.759 bits per heavy atom. The van der Waals surface area contributed by atoms with Gasteiger partial charge in [0, 0.05) is 6.42 Å². The van der Waals surface area contributed by atoms with E-state index in [9.17, 15) is 15.0 Å². The minimum atomic E-state index is -0.728. The second-order valence-corrected chi connectivity index (χ2v) is 9.13. The Balaban J connectivity index is 0. The molecule has 0 aliphatic carbocycles. The van der Waals surface area contributed by atoms with Crippen LogP contribution in [-0.4, -0.2) is 77.4 Å². The van der Waals surface area contributed by atoms with E-state index in [0.29, 0.717) is 12.8 Å². The van der Waals surface area contributed by atoms with Crippen LogP contribution in [0.5, 0.6) is 0 Å². The third kappa shape index (κ3) is 27.3. The van der Waals surface area contributed by atoms with Gasteiger partial charge in [-0.05, 0) is 19.3 Å². The standard InChI is InChI=1S/C18H36O4.C5H14NO/c1-2-3-4-5-7-10-13-16(19)17(20)14-11-8-6-9-12-15-18(21)22;1-6(2,3)4-5-7/h16-17,19-20H,2-15H2,1H3,(H,21,22);7H,4-5H2,1-3H3/q;+1. The fourth-order valence-corrected chi connectivity index (χ4v) is 2.98. The highest BCUT2D eigenvalue weighted by Gasteiger charge is 2.15. The first kappa shape index (κ1) is 30.5. The van der Waals surface area contributed by atoms with Crippen LogP contribution < -0.4 is 0 Å². The maximum Gasteiger partial charge on any atom is 0.303 e. The molecule has 0 rings (SSSR count). The van der Waals surface area contributed by atoms with Crippen molar-refractivity contribution in [3.63, 3.8) is 0 Å². The Labute approximate surface area is 179 Å². The summed E-state index contributed by atoms with van der Waals surface area (Å²) in [6.45, 7) is 3.32. The number of carboxylic acid groups (broad SMARTS) is 1. The van der Waals surface area contributed by atoms with Crippen molar-refractivity contribution in [3.8, 4) is 0 Å². The van der Waals surface area contributed by atoms with Crippen LogP contribution in [0.15, 0.2) is 0 Å². The molecule has 0 amide bonds. The fraction of sp³-hybridized carbons (Fsp3) is 0.957. The number of likely N-dealkylation sites (N-methyl/N-ethyl adjacent to an activating group) is 1. The summed E-state index contributed by atoms with van der Waals surface area (Å²) in [6, 6.07) is 0. The summed E-state index contributed by atoms with van der Waals surface area (Å²) in [5, 5.41) is 36.7. The van der Waals surface area contributed by atoms with Crippen molar-refractivity contribution in [2.24, 2.45) is 0 Å². The number of carbonyl (C=O) groups is 1. The molecular weight excluding hydrogens is 370 g/mol. The highest BCUT2D eigenvalue weighted by Crippen LogP contribution is 2.15. The molecule has 0 heterocycles. The first-order valence-electron chi connectivity index (χ1n) is 11.6. The molecule has 0 aromatic heterocycles. The molecule has 0 fully saturated rings. The molecule has 2 atom stereocenters. The van der Waals surface area contributed by atoms with Crippen LogP contribution in [-0.2, 0) is 4.79 Å². The lowest BCUT2D eigenvalue weighted by Gasteiger charge is -2.21. The molecule has 0 aliphatic heterocycles. The predicted octanol–water partition coefficient (Wildman–Crippen LogP) is 3.96. The number of hydrogen-bond donors (Lipinski definition) is 4. The minimum absolute atomic E-state index is 0.250. The molecule has 6 heteroatoms. The van der Waals surface area contributed by atoms with Gasteiger partial charge in [-0.3, -0.25) is 4.79 Å². The van der Waals surface area contributed by atoms with Crippen LogP contribution in [0.1, 0.15) is 96.8 Å². The molecule has 0 spiro atoms. The highest BCUT2D eigenvalue weighted by atomic mass is 16.4. The van der Waals surface area contributed by atoms with Crippen molar-refractivity contribution in [1.29, 1.82) is 0 Å². The van der Waals surface area contributed by atoms with Crippen LogP contribution in [0.3, 0.4) is 0 Å². The van der Waals surface area contributed by atoms with E-state index in [-0.39, 0.29) is 13.0 Å². The maximum atomic E-state index is 10.4. The van der Waals surface area contributed by atoms with E-state index in [2.05, 4.69) is 28.1 Å². The predicted molar refractivity (Wildman–Crippen MR) is 120 cm³/mol. The summed E-state index contributed by atoms with van der Waals surface area (Å²) < 4.78 is 0.844. The Morgan fingerprint density at radius 2 is 1.17 bits per heavy atom. The average molecular weight is 421 g/mol. The number of rotatable bonds is 18. The van der Waals surface area contributed by atoms with Gasteiger partial charge in [0.25, 0.3) is 0 Å². The number of quaternary nitrogens is 1. The van der Waals surface area contributed by atoms with Crippen LogP contribution in [0.2, 0.25) is 0 Å². The second kappa shape index (κ2) is 20.6. The minimum Gasteiger partial charge on any atom is -0.481 e. The zero-order chi connectivity index (χ0) is 22.5. The lowest BCUT2D eigenvalue weighted by Crippen LogP contribution is -2.36. The monoisotopic (exact) mass is 420 g/mol. The molecule has 0 aliphatic rings. The number of nitrogens with zero attached hydrogens (tertiary/aromatic N) is 1. The van der Waals surface area contributed by atoms with E-state index >= 15 is 0 Å². The highest BCUT2D eigenvalue weighted by molar-refractivity contribution is 5.66. The molecule has 2 unspecified atom stereocenters. The van der Waals surface area contributed by atoms with Crippen LogP contribution in [0, 0.1) is 0 Å². The van der Waals surface area contributed by atoms with Crippen molar-refractivity contribution in [2.75, 3.05) is 34.3 Å². The first-order chi connectivity index (χ1) is 13.6. The van der Waals surface area contributed by atoms with E-state index in [1.807, 2.05) is 0 Å².